The van der Waals surface area contributed by atoms with Gasteiger partial charge in [-0.1, -0.05) is 12.2 Å². The highest BCUT2D eigenvalue weighted by Gasteiger charge is 2.14. The molecule has 0 saturated carbocycles. The van der Waals surface area contributed by atoms with Crippen molar-refractivity contribution in [3.8, 4) is 0 Å². The van der Waals surface area contributed by atoms with Gasteiger partial charge in [-0.05, 0) is 11.6 Å². The predicted molar refractivity (Wildman–Crippen MR) is 65.6 cm³/mol. The normalized spacial score (nSPS) is 11.1. The Morgan fingerprint density at radius 1 is 1.61 bits per heavy atom. The molecule has 0 bridgehead atoms. The summed E-state index contributed by atoms with van der Waals surface area (Å²) in [7, 11) is 0. The molecule has 0 radical (unpaired) electrons. The number of nitrogens with two attached hydrogens (primary N) is 1. The predicted octanol–water partition coefficient (Wildman–Crippen LogP) is 1.36. The van der Waals surface area contributed by atoms with E-state index in [1.807, 2.05) is 0 Å². The molecule has 2 aromatic heterocycles. The number of aromatic nitrogens is 2. The first kappa shape index (κ1) is 11.8. The van der Waals surface area contributed by atoms with Crippen LogP contribution in [0.15, 0.2) is 24.5 Å². The summed E-state index contributed by atoms with van der Waals surface area (Å²) in [5.74, 6) is -0.437. The average Bonchev–Trinajstić information content (AvgIpc) is 2.71. The number of amides is 1. The third-order valence-corrected chi connectivity index (χ3v) is 2.36. The summed E-state index contributed by atoms with van der Waals surface area (Å²) in [6.07, 6.45) is 6.21. The van der Waals surface area contributed by atoms with Crippen LogP contribution in [0, 0.1) is 10.1 Å². The van der Waals surface area contributed by atoms with Crippen molar-refractivity contribution in [1.82, 2.24) is 9.97 Å². The van der Waals surface area contributed by atoms with Gasteiger partial charge in [0.2, 0.25) is 5.91 Å². The van der Waals surface area contributed by atoms with Crippen molar-refractivity contribution in [1.29, 1.82) is 0 Å². The quantitative estimate of drug-likeness (QED) is 0.625. The summed E-state index contributed by atoms with van der Waals surface area (Å²) in [6.45, 7) is 0. The minimum Gasteiger partial charge on any atom is -0.369 e. The summed E-state index contributed by atoms with van der Waals surface area (Å²) < 4.78 is 0. The third kappa shape index (κ3) is 2.34. The molecule has 2 heterocycles. The number of hydrogen-bond acceptors (Lipinski definition) is 4. The van der Waals surface area contributed by atoms with E-state index >= 15 is 0 Å². The van der Waals surface area contributed by atoms with E-state index in [2.05, 4.69) is 9.97 Å². The van der Waals surface area contributed by atoms with E-state index in [9.17, 15) is 14.9 Å². The van der Waals surface area contributed by atoms with Crippen molar-refractivity contribution in [2.75, 3.05) is 0 Å². The number of primary amides is 1. The smallest absolute Gasteiger partial charge is 0.296 e. The SMILES string of the molecule is NC(=O)CC=Cc1cnc2[nH]cc([N+](=O)[O-])c2c1. The first-order chi connectivity index (χ1) is 8.58. The zero-order valence-electron chi connectivity index (χ0n) is 9.29. The van der Waals surface area contributed by atoms with Gasteiger partial charge in [-0.15, -0.1) is 0 Å². The molecule has 7 nitrogen and oxygen atoms in total. The summed E-state index contributed by atoms with van der Waals surface area (Å²) in [6, 6.07) is 1.63. The van der Waals surface area contributed by atoms with Crippen LogP contribution >= 0.6 is 0 Å². The van der Waals surface area contributed by atoms with Crippen molar-refractivity contribution in [3.05, 3.63) is 40.2 Å². The molecule has 7 heteroatoms. The number of hydrogen-bond donors (Lipinski definition) is 2. The van der Waals surface area contributed by atoms with Gasteiger partial charge in [0.25, 0.3) is 5.69 Å². The van der Waals surface area contributed by atoms with E-state index in [1.54, 1.807) is 24.4 Å². The number of fused-ring (bicyclic) bond motifs is 1. The van der Waals surface area contributed by atoms with E-state index in [1.165, 1.54) is 6.20 Å². The molecular formula is C11H10N4O3. The standard InChI is InChI=1S/C11H10N4O3/c12-10(16)3-1-2-7-4-8-9(15(17)18)6-14-11(8)13-5-7/h1-2,4-6H,3H2,(H2,12,16)(H,13,14). The van der Waals surface area contributed by atoms with Gasteiger partial charge < -0.3 is 10.7 Å². The van der Waals surface area contributed by atoms with Crippen LogP contribution in [-0.4, -0.2) is 20.8 Å². The second kappa shape index (κ2) is 4.66. The fraction of sp³-hybridized carbons (Fsp3) is 0.0909. The van der Waals surface area contributed by atoms with Gasteiger partial charge in [-0.2, -0.15) is 0 Å². The second-order valence-electron chi connectivity index (χ2n) is 3.67. The van der Waals surface area contributed by atoms with Gasteiger partial charge in [0.15, 0.2) is 0 Å². The lowest BCUT2D eigenvalue weighted by atomic mass is 10.2. The molecule has 0 spiro atoms. The van der Waals surface area contributed by atoms with Crippen LogP contribution in [0.3, 0.4) is 0 Å². The van der Waals surface area contributed by atoms with Gasteiger partial charge in [-0.3, -0.25) is 14.9 Å². The molecule has 2 rings (SSSR count). The number of rotatable bonds is 4. The van der Waals surface area contributed by atoms with E-state index in [-0.39, 0.29) is 12.1 Å². The number of H-pyrrole nitrogens is 1. The zero-order chi connectivity index (χ0) is 13.1. The Labute approximate surface area is 101 Å². The molecule has 3 N–H and O–H groups in total. The Bertz CT molecular complexity index is 645. The molecule has 1 amide bonds. The van der Waals surface area contributed by atoms with Crippen molar-refractivity contribution >= 4 is 28.7 Å². The molecule has 0 aliphatic carbocycles. The molecule has 0 atom stereocenters. The summed E-state index contributed by atoms with van der Waals surface area (Å²) in [4.78, 5) is 27.6. The molecular weight excluding hydrogens is 236 g/mol. The van der Waals surface area contributed by atoms with Gasteiger partial charge in [-0.25, -0.2) is 4.98 Å². The first-order valence-electron chi connectivity index (χ1n) is 5.14. The molecule has 0 fully saturated rings. The van der Waals surface area contributed by atoms with E-state index in [0.717, 1.165) is 0 Å². The number of carbonyl (C=O) groups excluding carboxylic acids is 1. The molecule has 18 heavy (non-hydrogen) atoms. The van der Waals surface area contributed by atoms with Crippen molar-refractivity contribution in [3.63, 3.8) is 0 Å². The molecule has 0 aliphatic rings. The maximum Gasteiger partial charge on any atom is 0.296 e. The number of nitrogens with zero attached hydrogens (tertiary/aromatic N) is 2. The lowest BCUT2D eigenvalue weighted by molar-refractivity contribution is -0.383. The Morgan fingerprint density at radius 3 is 3.06 bits per heavy atom. The topological polar surface area (TPSA) is 115 Å². The van der Waals surface area contributed by atoms with Crippen LogP contribution in [-0.2, 0) is 4.79 Å². The Hall–Kier alpha value is -2.70. The van der Waals surface area contributed by atoms with Gasteiger partial charge in [0.05, 0.1) is 16.5 Å². The largest absolute Gasteiger partial charge is 0.369 e. The number of nitro groups is 1. The molecule has 0 unspecified atom stereocenters. The van der Waals surface area contributed by atoms with Crippen LogP contribution in [0.1, 0.15) is 12.0 Å². The van der Waals surface area contributed by atoms with Gasteiger partial charge in [0, 0.05) is 12.6 Å². The van der Waals surface area contributed by atoms with E-state index in [4.69, 9.17) is 5.73 Å². The highest BCUT2D eigenvalue weighted by atomic mass is 16.6. The molecule has 0 aromatic carbocycles. The Morgan fingerprint density at radius 2 is 2.39 bits per heavy atom. The number of pyridine rings is 1. The molecule has 0 aliphatic heterocycles. The maximum absolute atomic E-state index is 10.8. The minimum absolute atomic E-state index is 0.0253. The Balaban J connectivity index is 2.36. The van der Waals surface area contributed by atoms with Crippen LogP contribution in [0.5, 0.6) is 0 Å². The lowest BCUT2D eigenvalue weighted by Gasteiger charge is -1.94. The molecule has 92 valence electrons. The van der Waals surface area contributed by atoms with Crippen LogP contribution in [0.4, 0.5) is 5.69 Å². The van der Waals surface area contributed by atoms with Gasteiger partial charge >= 0.3 is 0 Å². The van der Waals surface area contributed by atoms with Crippen molar-refractivity contribution < 1.29 is 9.72 Å². The van der Waals surface area contributed by atoms with Crippen molar-refractivity contribution in [2.24, 2.45) is 5.73 Å². The van der Waals surface area contributed by atoms with E-state index < -0.39 is 10.8 Å². The number of aromatic amines is 1. The van der Waals surface area contributed by atoms with Gasteiger partial charge in [0.1, 0.15) is 5.65 Å². The minimum atomic E-state index is -0.475. The van der Waals surface area contributed by atoms with Crippen LogP contribution in [0.2, 0.25) is 0 Å². The summed E-state index contributed by atoms with van der Waals surface area (Å²) in [5.41, 5.74) is 6.09. The highest BCUT2D eigenvalue weighted by Crippen LogP contribution is 2.24. The molecule has 2 aromatic rings. The van der Waals surface area contributed by atoms with Crippen molar-refractivity contribution in [2.45, 2.75) is 6.42 Å². The van der Waals surface area contributed by atoms with Crippen LogP contribution in [0.25, 0.3) is 17.1 Å². The second-order valence-corrected chi connectivity index (χ2v) is 3.67. The van der Waals surface area contributed by atoms with Crippen LogP contribution < -0.4 is 5.73 Å². The zero-order valence-corrected chi connectivity index (χ0v) is 9.29. The summed E-state index contributed by atoms with van der Waals surface area (Å²) in [5, 5.41) is 11.2. The monoisotopic (exact) mass is 246 g/mol. The fourth-order valence-corrected chi connectivity index (χ4v) is 1.56. The number of nitrogens with one attached hydrogen (secondary N) is 1. The maximum atomic E-state index is 10.8. The third-order valence-electron chi connectivity index (χ3n) is 2.36. The lowest BCUT2D eigenvalue weighted by Crippen LogP contribution is -2.07. The first-order valence-corrected chi connectivity index (χ1v) is 5.14. The average molecular weight is 246 g/mol. The molecule has 0 saturated heterocycles. The fourth-order valence-electron chi connectivity index (χ4n) is 1.56. The Kier molecular flexibility index (Phi) is 3.05. The highest BCUT2D eigenvalue weighted by molar-refractivity contribution is 5.87. The summed E-state index contributed by atoms with van der Waals surface area (Å²) >= 11 is 0. The number of carbonyl (C=O) groups is 1. The van der Waals surface area contributed by atoms with E-state index in [0.29, 0.717) is 16.6 Å².